The van der Waals surface area contributed by atoms with E-state index in [9.17, 15) is 0 Å². The van der Waals surface area contributed by atoms with Gasteiger partial charge in [-0.1, -0.05) is 374 Å². The monoisotopic (exact) mass is 1250 g/mol. The Bertz CT molecular complexity index is 2410. The van der Waals surface area contributed by atoms with E-state index in [1.54, 1.807) is 0 Å². The number of fused-ring (bicyclic) bond motifs is 10. The summed E-state index contributed by atoms with van der Waals surface area (Å²) in [5.41, 5.74) is 8.00. The molecule has 494 valence electrons. The van der Waals surface area contributed by atoms with Gasteiger partial charge in [0.15, 0.2) is 0 Å². The van der Waals surface area contributed by atoms with Crippen molar-refractivity contribution in [3.63, 3.8) is 0 Å². The standard InChI is InChI=1S/C80H128F2N4S2/c1-5-9-13-17-21-25-29-33-37-41-45-49-53-61-79(62-54-50-46-42-38-34-30-26-22-18-14-10-6-2)65-57-59-67-77(85-87-83-67)69(65)71-73(79)75(81)72-70-66(58-60-68-78(70)86-88-84-68)80(74(72)76(71)82,63-55-51-47-43-39-35-31-27-23-19-15-11-7-3)64-56-52-48-44-40-36-32-28-24-20-16-12-8-4/h57-60H,5-56,61-64H2,1-4H3. The molecule has 0 radical (unpaired) electrons. The maximum Gasteiger partial charge on any atom is 0.136 e. The second-order valence-corrected chi connectivity index (χ2v) is 29.6. The van der Waals surface area contributed by atoms with Crippen molar-refractivity contribution in [2.75, 3.05) is 0 Å². The lowest BCUT2D eigenvalue weighted by Crippen LogP contribution is -2.29. The van der Waals surface area contributed by atoms with Crippen molar-refractivity contribution < 1.29 is 8.78 Å². The quantitative estimate of drug-likeness (QED) is 0.0364. The molecule has 5 aromatic rings. The minimum Gasteiger partial charge on any atom is -0.206 e. The van der Waals surface area contributed by atoms with Crippen molar-refractivity contribution in [3.8, 4) is 22.3 Å². The minimum atomic E-state index is -0.665. The van der Waals surface area contributed by atoms with Crippen molar-refractivity contribution in [2.45, 2.75) is 398 Å². The van der Waals surface area contributed by atoms with Crippen molar-refractivity contribution >= 4 is 45.5 Å². The molecule has 0 N–H and O–H groups in total. The van der Waals surface area contributed by atoms with Gasteiger partial charge < -0.3 is 0 Å². The zero-order chi connectivity index (χ0) is 61.8. The summed E-state index contributed by atoms with van der Waals surface area (Å²) in [6.45, 7) is 9.20. The van der Waals surface area contributed by atoms with Gasteiger partial charge in [0, 0.05) is 44.2 Å². The molecule has 2 heterocycles. The first kappa shape index (κ1) is 72.6. The van der Waals surface area contributed by atoms with Crippen LogP contribution in [0.2, 0.25) is 0 Å². The summed E-state index contributed by atoms with van der Waals surface area (Å²) in [5.74, 6) is -0.356. The summed E-state index contributed by atoms with van der Waals surface area (Å²) < 4.78 is 59.2. The third-order valence-electron chi connectivity index (χ3n) is 21.6. The average molecular weight is 1250 g/mol. The third kappa shape index (κ3) is 21.1. The number of halogens is 2. The minimum absolute atomic E-state index is 0.178. The summed E-state index contributed by atoms with van der Waals surface area (Å²) in [5, 5.41) is 0. The Morgan fingerprint density at radius 3 is 0.682 bits per heavy atom. The van der Waals surface area contributed by atoms with Gasteiger partial charge in [0.25, 0.3) is 0 Å². The molecule has 0 amide bonds. The molecule has 4 nitrogen and oxygen atoms in total. The van der Waals surface area contributed by atoms with Gasteiger partial charge in [-0.05, 0) is 48.9 Å². The lowest BCUT2D eigenvalue weighted by atomic mass is 9.68. The maximum atomic E-state index is 19.8. The summed E-state index contributed by atoms with van der Waals surface area (Å²) in [6, 6.07) is 8.75. The van der Waals surface area contributed by atoms with Crippen LogP contribution in [-0.4, -0.2) is 17.5 Å². The van der Waals surface area contributed by atoms with Crippen LogP contribution < -0.4 is 0 Å². The van der Waals surface area contributed by atoms with Crippen LogP contribution >= 0.6 is 23.5 Å². The molecule has 3 aromatic carbocycles. The molecule has 0 aliphatic heterocycles. The van der Waals surface area contributed by atoms with Gasteiger partial charge in [-0.15, -0.1) is 0 Å². The van der Waals surface area contributed by atoms with Gasteiger partial charge in [-0.3, -0.25) is 0 Å². The van der Waals surface area contributed by atoms with Crippen LogP contribution in [0.15, 0.2) is 24.3 Å². The van der Waals surface area contributed by atoms with E-state index in [4.69, 9.17) is 17.5 Å². The molecule has 0 fully saturated rings. The predicted molar refractivity (Wildman–Crippen MR) is 382 cm³/mol. The highest BCUT2D eigenvalue weighted by Crippen LogP contribution is 2.65. The Kier molecular flexibility index (Phi) is 35.0. The normalized spacial score (nSPS) is 13.8. The smallest absolute Gasteiger partial charge is 0.136 e. The van der Waals surface area contributed by atoms with Crippen molar-refractivity contribution in [2.24, 2.45) is 0 Å². The Morgan fingerprint density at radius 2 is 0.466 bits per heavy atom. The lowest BCUT2D eigenvalue weighted by Gasteiger charge is -2.35. The van der Waals surface area contributed by atoms with E-state index >= 15 is 8.78 Å². The van der Waals surface area contributed by atoms with Crippen LogP contribution in [0.1, 0.15) is 410 Å². The highest BCUT2D eigenvalue weighted by atomic mass is 32.1. The molecular weight excluding hydrogens is 1120 g/mol. The first-order chi connectivity index (χ1) is 43.5. The highest BCUT2D eigenvalue weighted by molar-refractivity contribution is 7.00. The second-order valence-electron chi connectivity index (χ2n) is 28.5. The van der Waals surface area contributed by atoms with E-state index in [1.807, 2.05) is 0 Å². The molecule has 2 aliphatic carbocycles. The van der Waals surface area contributed by atoms with Gasteiger partial charge in [-0.25, -0.2) is 8.78 Å². The zero-order valence-electron chi connectivity index (χ0n) is 57.3. The Hall–Kier alpha value is -2.84. The predicted octanol–water partition coefficient (Wildman–Crippen LogP) is 28.4. The topological polar surface area (TPSA) is 51.6 Å². The SMILES string of the molecule is CCCCCCCCCCCCCCCC1(CCCCCCCCCCCCCCC)c2ccc3nsnc3c2-c2c(F)c3c(c(F)c21)-c1c(ccc2nsnc12)C3(CCCCCCCCCCCCCCC)CCCCCCCCCCCCCCC. The van der Waals surface area contributed by atoms with Gasteiger partial charge in [-0.2, -0.15) is 17.5 Å². The second kappa shape index (κ2) is 42.4. The van der Waals surface area contributed by atoms with Crippen molar-refractivity contribution in [1.82, 2.24) is 17.5 Å². The fraction of sp³-hybridized carbons (Fsp3) is 0.775. The van der Waals surface area contributed by atoms with Crippen molar-refractivity contribution in [1.29, 1.82) is 0 Å². The molecule has 8 heteroatoms. The molecule has 0 saturated carbocycles. The maximum absolute atomic E-state index is 19.8. The van der Waals surface area contributed by atoms with E-state index in [-0.39, 0.29) is 11.6 Å². The van der Waals surface area contributed by atoms with Crippen LogP contribution in [0.5, 0.6) is 0 Å². The largest absolute Gasteiger partial charge is 0.206 e. The average Bonchev–Trinajstić information content (AvgIpc) is 1.52. The number of hydrogen-bond donors (Lipinski definition) is 0. The van der Waals surface area contributed by atoms with Crippen LogP contribution in [0, 0.1) is 11.6 Å². The highest BCUT2D eigenvalue weighted by Gasteiger charge is 2.54. The van der Waals surface area contributed by atoms with E-state index in [1.165, 1.54) is 306 Å². The number of aromatic nitrogens is 4. The third-order valence-corrected chi connectivity index (χ3v) is 22.6. The van der Waals surface area contributed by atoms with Crippen LogP contribution in [0.3, 0.4) is 0 Å². The number of hydrogen-bond acceptors (Lipinski definition) is 6. The molecule has 88 heavy (non-hydrogen) atoms. The molecule has 0 spiro atoms. The molecule has 7 rings (SSSR count). The van der Waals surface area contributed by atoms with Gasteiger partial charge in [0.1, 0.15) is 33.7 Å². The summed E-state index contributed by atoms with van der Waals surface area (Å²) in [7, 11) is 0. The van der Waals surface area contributed by atoms with E-state index in [2.05, 4.69) is 52.0 Å². The van der Waals surface area contributed by atoms with Gasteiger partial charge >= 0.3 is 0 Å². The first-order valence-electron chi connectivity index (χ1n) is 38.6. The van der Waals surface area contributed by atoms with Crippen LogP contribution in [-0.2, 0) is 10.8 Å². The van der Waals surface area contributed by atoms with Gasteiger partial charge in [0.05, 0.1) is 23.5 Å². The molecule has 0 unspecified atom stereocenters. The summed E-state index contributed by atoms with van der Waals surface area (Å²) >= 11 is 2.44. The summed E-state index contributed by atoms with van der Waals surface area (Å²) in [6.07, 6.45) is 70.3. The molecule has 2 aliphatic rings. The lowest BCUT2D eigenvalue weighted by molar-refractivity contribution is 0.374. The zero-order valence-corrected chi connectivity index (χ0v) is 58.9. The fourth-order valence-electron chi connectivity index (χ4n) is 16.4. The van der Waals surface area contributed by atoms with E-state index in [0.29, 0.717) is 22.3 Å². The fourth-order valence-corrected chi connectivity index (χ4v) is 17.5. The van der Waals surface area contributed by atoms with E-state index < -0.39 is 10.8 Å². The number of benzene rings is 3. The van der Waals surface area contributed by atoms with Crippen molar-refractivity contribution in [3.05, 3.63) is 58.2 Å². The van der Waals surface area contributed by atoms with Gasteiger partial charge in [0.2, 0.25) is 0 Å². The molecule has 0 bridgehead atoms. The molecular formula is C80H128F2N4S2. The molecule has 0 saturated heterocycles. The molecule has 0 atom stereocenters. The molecule has 2 aromatic heterocycles. The Morgan fingerprint density at radius 1 is 0.261 bits per heavy atom. The number of unbranched alkanes of at least 4 members (excludes halogenated alkanes) is 48. The van der Waals surface area contributed by atoms with Crippen LogP contribution in [0.25, 0.3) is 44.3 Å². The Labute approximate surface area is 547 Å². The van der Waals surface area contributed by atoms with E-state index in [0.717, 1.165) is 121 Å². The van der Waals surface area contributed by atoms with Crippen LogP contribution in [0.4, 0.5) is 8.78 Å². The number of rotatable bonds is 56. The summed E-state index contributed by atoms with van der Waals surface area (Å²) in [4.78, 5) is 0. The number of nitrogens with zero attached hydrogens (tertiary/aromatic N) is 4. The first-order valence-corrected chi connectivity index (χ1v) is 40.0. The Balaban J connectivity index is 1.18.